The summed E-state index contributed by atoms with van der Waals surface area (Å²) in [6, 6.07) is 2.90. The summed E-state index contributed by atoms with van der Waals surface area (Å²) in [5.41, 5.74) is 0.774. The van der Waals surface area contributed by atoms with E-state index in [0.717, 1.165) is 5.56 Å². The number of nitrogens with one attached hydrogen (secondary N) is 1. The van der Waals surface area contributed by atoms with Crippen LogP contribution in [0.2, 0.25) is 5.02 Å². The molecule has 0 aromatic heterocycles. The largest absolute Gasteiger partial charge is 0.495 e. The first-order valence-corrected chi connectivity index (χ1v) is 7.54. The Kier molecular flexibility index (Phi) is 5.01. The average Bonchev–Trinajstić information content (AvgIpc) is 2.31. The van der Waals surface area contributed by atoms with Crippen LogP contribution in [0.4, 0.5) is 0 Å². The zero-order valence-electron chi connectivity index (χ0n) is 11.0. The third-order valence-electron chi connectivity index (χ3n) is 2.70. The molecule has 0 aliphatic carbocycles. The highest BCUT2D eigenvalue weighted by atomic mass is 35.5. The summed E-state index contributed by atoms with van der Waals surface area (Å²) in [5.74, 6) is 0.299. The monoisotopic (exact) mass is 291 g/mol. The Balaban J connectivity index is 3.27. The van der Waals surface area contributed by atoms with Crippen molar-refractivity contribution in [2.45, 2.75) is 38.1 Å². The molecule has 4 nitrogen and oxygen atoms in total. The number of benzene rings is 1. The van der Waals surface area contributed by atoms with Crippen molar-refractivity contribution in [2.24, 2.45) is 0 Å². The van der Waals surface area contributed by atoms with Crippen molar-refractivity contribution in [2.75, 3.05) is 7.11 Å². The highest BCUT2D eigenvalue weighted by molar-refractivity contribution is 7.89. The molecule has 0 spiro atoms. The van der Waals surface area contributed by atoms with Crippen molar-refractivity contribution in [3.05, 3.63) is 22.7 Å². The summed E-state index contributed by atoms with van der Waals surface area (Å²) in [6.45, 7) is 5.51. The smallest absolute Gasteiger partial charge is 0.244 e. The Hall–Kier alpha value is -0.780. The molecule has 0 saturated carbocycles. The molecule has 0 amide bonds. The Bertz CT molecular complexity index is 528. The number of sulfonamides is 1. The Morgan fingerprint density at radius 3 is 2.56 bits per heavy atom. The fourth-order valence-corrected chi connectivity index (χ4v) is 3.15. The maximum Gasteiger partial charge on any atom is 0.244 e. The lowest BCUT2D eigenvalue weighted by Crippen LogP contribution is -2.32. The normalized spacial score (nSPS) is 13.4. The molecule has 0 saturated heterocycles. The van der Waals surface area contributed by atoms with Crippen LogP contribution >= 0.6 is 11.6 Å². The molecule has 0 aliphatic heterocycles. The van der Waals surface area contributed by atoms with Crippen LogP contribution in [0.3, 0.4) is 0 Å². The topological polar surface area (TPSA) is 55.4 Å². The zero-order valence-corrected chi connectivity index (χ0v) is 12.5. The molecule has 102 valence electrons. The van der Waals surface area contributed by atoms with Gasteiger partial charge in [0.2, 0.25) is 10.0 Å². The number of ether oxygens (including phenoxy) is 1. The molecule has 1 atom stereocenters. The van der Waals surface area contributed by atoms with Gasteiger partial charge in [-0.05, 0) is 38.0 Å². The molecule has 1 aromatic rings. The second-order valence-electron chi connectivity index (χ2n) is 4.18. The van der Waals surface area contributed by atoms with E-state index < -0.39 is 10.0 Å². The van der Waals surface area contributed by atoms with Crippen molar-refractivity contribution in [3.63, 3.8) is 0 Å². The second-order valence-corrected chi connectivity index (χ2v) is 6.27. The van der Waals surface area contributed by atoms with Crippen LogP contribution in [0.5, 0.6) is 5.75 Å². The number of aryl methyl sites for hydroxylation is 1. The molecule has 1 aromatic carbocycles. The van der Waals surface area contributed by atoms with E-state index in [9.17, 15) is 8.42 Å². The molecule has 0 aliphatic rings. The molecule has 1 N–H and O–H groups in total. The quantitative estimate of drug-likeness (QED) is 0.907. The van der Waals surface area contributed by atoms with Gasteiger partial charge in [-0.15, -0.1) is 0 Å². The minimum absolute atomic E-state index is 0.0703. The molecule has 0 bridgehead atoms. The molecular weight excluding hydrogens is 274 g/mol. The van der Waals surface area contributed by atoms with Gasteiger partial charge in [0.15, 0.2) is 0 Å². The van der Waals surface area contributed by atoms with Gasteiger partial charge in [0.1, 0.15) is 10.6 Å². The van der Waals surface area contributed by atoms with Gasteiger partial charge in [-0.1, -0.05) is 18.5 Å². The van der Waals surface area contributed by atoms with Gasteiger partial charge in [0, 0.05) is 11.1 Å². The predicted molar refractivity (Wildman–Crippen MR) is 72.8 cm³/mol. The molecule has 0 fully saturated rings. The summed E-state index contributed by atoms with van der Waals surface area (Å²) in [4.78, 5) is 0.0703. The number of methoxy groups -OCH3 is 1. The van der Waals surface area contributed by atoms with E-state index in [1.807, 2.05) is 6.92 Å². The average molecular weight is 292 g/mol. The van der Waals surface area contributed by atoms with Crippen molar-refractivity contribution in [1.82, 2.24) is 4.72 Å². The van der Waals surface area contributed by atoms with Gasteiger partial charge in [-0.2, -0.15) is 0 Å². The van der Waals surface area contributed by atoms with E-state index in [2.05, 4.69) is 4.72 Å². The van der Waals surface area contributed by atoms with Gasteiger partial charge in [0.05, 0.1) is 7.11 Å². The van der Waals surface area contributed by atoms with Crippen LogP contribution < -0.4 is 9.46 Å². The molecule has 6 heteroatoms. The highest BCUT2D eigenvalue weighted by Crippen LogP contribution is 2.30. The number of hydrogen-bond donors (Lipinski definition) is 1. The summed E-state index contributed by atoms with van der Waals surface area (Å²) in [7, 11) is -2.18. The molecule has 0 unspecified atom stereocenters. The first-order chi connectivity index (χ1) is 8.31. The van der Waals surface area contributed by atoms with Crippen LogP contribution in [0, 0.1) is 6.92 Å². The lowest BCUT2D eigenvalue weighted by atomic mass is 10.2. The van der Waals surface area contributed by atoms with Crippen LogP contribution in [-0.2, 0) is 10.0 Å². The third-order valence-corrected chi connectivity index (χ3v) is 4.72. The van der Waals surface area contributed by atoms with Crippen LogP contribution in [0.1, 0.15) is 25.8 Å². The predicted octanol–water partition coefficient (Wildman–Crippen LogP) is 2.73. The van der Waals surface area contributed by atoms with Crippen LogP contribution in [0.25, 0.3) is 0 Å². The fourth-order valence-electron chi connectivity index (χ4n) is 1.42. The van der Waals surface area contributed by atoms with E-state index in [1.165, 1.54) is 13.2 Å². The summed E-state index contributed by atoms with van der Waals surface area (Å²) in [6.07, 6.45) is 0.709. The van der Waals surface area contributed by atoms with Crippen molar-refractivity contribution >= 4 is 21.6 Å². The third kappa shape index (κ3) is 3.37. The summed E-state index contributed by atoms with van der Waals surface area (Å²) in [5, 5.41) is 0.403. The molecule has 1 rings (SSSR count). The van der Waals surface area contributed by atoms with E-state index >= 15 is 0 Å². The number of halogens is 1. The first-order valence-electron chi connectivity index (χ1n) is 5.68. The van der Waals surface area contributed by atoms with Crippen LogP contribution in [0.15, 0.2) is 17.0 Å². The van der Waals surface area contributed by atoms with Crippen molar-refractivity contribution in [3.8, 4) is 5.75 Å². The molecule has 18 heavy (non-hydrogen) atoms. The van der Waals surface area contributed by atoms with E-state index in [-0.39, 0.29) is 10.9 Å². The molecule has 0 radical (unpaired) electrons. The SMILES string of the molecule is CC[C@H](C)NS(=O)(=O)c1cc(Cl)c(C)cc1OC. The van der Waals surface area contributed by atoms with Crippen molar-refractivity contribution in [1.29, 1.82) is 0 Å². The van der Waals surface area contributed by atoms with Crippen molar-refractivity contribution < 1.29 is 13.2 Å². The van der Waals surface area contributed by atoms with Gasteiger partial charge in [-0.25, -0.2) is 13.1 Å². The Morgan fingerprint density at radius 2 is 2.06 bits per heavy atom. The minimum Gasteiger partial charge on any atom is -0.495 e. The van der Waals surface area contributed by atoms with E-state index in [1.54, 1.807) is 19.9 Å². The maximum atomic E-state index is 12.2. The zero-order chi connectivity index (χ0) is 13.9. The Labute approximate surface area is 113 Å². The second kappa shape index (κ2) is 5.91. The highest BCUT2D eigenvalue weighted by Gasteiger charge is 2.22. The number of rotatable bonds is 5. The van der Waals surface area contributed by atoms with E-state index in [4.69, 9.17) is 16.3 Å². The lowest BCUT2D eigenvalue weighted by molar-refractivity contribution is 0.401. The maximum absolute atomic E-state index is 12.2. The summed E-state index contributed by atoms with van der Waals surface area (Å²) < 4.78 is 32.1. The van der Waals surface area contributed by atoms with Gasteiger partial charge < -0.3 is 4.74 Å². The van der Waals surface area contributed by atoms with Gasteiger partial charge >= 0.3 is 0 Å². The standard InChI is InChI=1S/C12H18ClNO3S/c1-5-9(3)14-18(15,16)12-7-10(13)8(2)6-11(12)17-4/h6-7,9,14H,5H2,1-4H3/t9-/m0/s1. The van der Waals surface area contributed by atoms with Gasteiger partial charge in [-0.3, -0.25) is 0 Å². The van der Waals surface area contributed by atoms with E-state index in [0.29, 0.717) is 17.2 Å². The molecule has 0 heterocycles. The number of hydrogen-bond acceptors (Lipinski definition) is 3. The Morgan fingerprint density at radius 1 is 1.44 bits per heavy atom. The fraction of sp³-hybridized carbons (Fsp3) is 0.500. The molecular formula is C12H18ClNO3S. The lowest BCUT2D eigenvalue weighted by Gasteiger charge is -2.15. The summed E-state index contributed by atoms with van der Waals surface area (Å²) >= 11 is 5.97. The minimum atomic E-state index is -3.61. The first kappa shape index (κ1) is 15.3. The van der Waals surface area contributed by atoms with Crippen LogP contribution in [-0.4, -0.2) is 21.6 Å². The van der Waals surface area contributed by atoms with Gasteiger partial charge in [0.25, 0.3) is 0 Å².